The number of ether oxygens (including phenoxy) is 2. The number of hydrogen-bond donors (Lipinski definition) is 1. The van der Waals surface area contributed by atoms with Gasteiger partial charge in [-0.3, -0.25) is 4.79 Å². The van der Waals surface area contributed by atoms with Gasteiger partial charge in [-0.1, -0.05) is 19.1 Å². The number of fused-ring (bicyclic) bond motifs is 1. The highest BCUT2D eigenvalue weighted by Crippen LogP contribution is 2.24. The third-order valence-electron chi connectivity index (χ3n) is 3.52. The van der Waals surface area contributed by atoms with Gasteiger partial charge in [-0.15, -0.1) is 6.58 Å². The summed E-state index contributed by atoms with van der Waals surface area (Å²) in [5.74, 6) is -0.843. The Bertz CT molecular complexity index is 771. The van der Waals surface area contributed by atoms with Crippen LogP contribution in [-0.4, -0.2) is 30.5 Å². The SMILES string of the molecule is C/C=C(\C)COc1ccc2c(C(=O)C(=O)OC)c[nH]c2c1.C=CCC. The van der Waals surface area contributed by atoms with E-state index in [9.17, 15) is 9.59 Å². The van der Waals surface area contributed by atoms with E-state index >= 15 is 0 Å². The second kappa shape index (κ2) is 10.1. The molecule has 0 saturated carbocycles. The second-order valence-corrected chi connectivity index (χ2v) is 5.35. The quantitative estimate of drug-likeness (QED) is 0.364. The molecule has 25 heavy (non-hydrogen) atoms. The average molecular weight is 343 g/mol. The molecular weight excluding hydrogens is 318 g/mol. The monoisotopic (exact) mass is 343 g/mol. The second-order valence-electron chi connectivity index (χ2n) is 5.35. The fourth-order valence-corrected chi connectivity index (χ4v) is 1.87. The summed E-state index contributed by atoms with van der Waals surface area (Å²) < 4.78 is 10.1. The molecule has 0 aliphatic carbocycles. The van der Waals surface area contributed by atoms with E-state index in [1.807, 2.05) is 26.0 Å². The van der Waals surface area contributed by atoms with Crippen LogP contribution < -0.4 is 4.74 Å². The summed E-state index contributed by atoms with van der Waals surface area (Å²) in [5.41, 5.74) is 2.16. The molecule has 0 aliphatic heterocycles. The number of aromatic amines is 1. The van der Waals surface area contributed by atoms with Crippen LogP contribution >= 0.6 is 0 Å². The fraction of sp³-hybridized carbons (Fsp3) is 0.300. The predicted molar refractivity (Wildman–Crippen MR) is 100 cm³/mol. The number of aromatic nitrogens is 1. The highest BCUT2D eigenvalue weighted by molar-refractivity contribution is 6.42. The number of H-pyrrole nitrogens is 1. The highest BCUT2D eigenvalue weighted by Gasteiger charge is 2.20. The van der Waals surface area contributed by atoms with Crippen molar-refractivity contribution >= 4 is 22.7 Å². The van der Waals surface area contributed by atoms with E-state index in [-0.39, 0.29) is 0 Å². The molecule has 0 fully saturated rings. The number of rotatable bonds is 6. The summed E-state index contributed by atoms with van der Waals surface area (Å²) in [7, 11) is 1.19. The van der Waals surface area contributed by atoms with E-state index in [0.29, 0.717) is 23.3 Å². The number of carbonyl (C=O) groups excluding carboxylic acids is 2. The van der Waals surface area contributed by atoms with Gasteiger partial charge in [-0.05, 0) is 38.0 Å². The normalized spacial score (nSPS) is 10.6. The van der Waals surface area contributed by atoms with Crippen LogP contribution in [0.25, 0.3) is 10.9 Å². The van der Waals surface area contributed by atoms with Crippen LogP contribution in [0.4, 0.5) is 0 Å². The lowest BCUT2D eigenvalue weighted by atomic mass is 10.1. The zero-order valence-corrected chi connectivity index (χ0v) is 15.2. The van der Waals surface area contributed by atoms with E-state index in [1.54, 1.807) is 18.2 Å². The first-order valence-electron chi connectivity index (χ1n) is 8.07. The Balaban J connectivity index is 0.000000705. The molecular formula is C20H25NO4. The lowest BCUT2D eigenvalue weighted by Crippen LogP contribution is -2.15. The van der Waals surface area contributed by atoms with E-state index in [4.69, 9.17) is 4.74 Å². The molecule has 1 aromatic carbocycles. The molecule has 0 atom stereocenters. The first kappa shape index (κ1) is 20.2. The summed E-state index contributed by atoms with van der Waals surface area (Å²) >= 11 is 0. The number of benzene rings is 1. The smallest absolute Gasteiger partial charge is 0.379 e. The average Bonchev–Trinajstić information content (AvgIpc) is 3.07. The van der Waals surface area contributed by atoms with Gasteiger partial charge in [0.15, 0.2) is 0 Å². The van der Waals surface area contributed by atoms with Gasteiger partial charge < -0.3 is 14.5 Å². The number of ketones is 1. The van der Waals surface area contributed by atoms with Crippen LogP contribution in [0.2, 0.25) is 0 Å². The van der Waals surface area contributed by atoms with Crippen molar-refractivity contribution in [2.45, 2.75) is 27.2 Å². The number of nitrogens with one attached hydrogen (secondary N) is 1. The van der Waals surface area contributed by atoms with Gasteiger partial charge in [-0.2, -0.15) is 0 Å². The number of hydrogen-bond acceptors (Lipinski definition) is 4. The molecule has 0 radical (unpaired) electrons. The number of Topliss-reactive ketones (excluding diaryl/α,β-unsaturated/α-hetero) is 1. The molecule has 2 aromatic rings. The van der Waals surface area contributed by atoms with E-state index in [0.717, 1.165) is 17.5 Å². The maximum absolute atomic E-state index is 11.9. The van der Waals surface area contributed by atoms with Gasteiger partial charge in [-0.25, -0.2) is 4.79 Å². The van der Waals surface area contributed by atoms with Crippen molar-refractivity contribution in [1.29, 1.82) is 0 Å². The molecule has 0 bridgehead atoms. The summed E-state index contributed by atoms with van der Waals surface area (Å²) in [5, 5.41) is 0.667. The maximum Gasteiger partial charge on any atom is 0.379 e. The Morgan fingerprint density at radius 1 is 1.32 bits per heavy atom. The molecule has 0 aliphatic rings. The molecule has 1 aromatic heterocycles. The minimum absolute atomic E-state index is 0.299. The Kier molecular flexibility index (Phi) is 8.19. The molecule has 0 saturated heterocycles. The maximum atomic E-state index is 11.9. The van der Waals surface area contributed by atoms with Crippen molar-refractivity contribution in [3.8, 4) is 5.75 Å². The molecule has 1 heterocycles. The van der Waals surface area contributed by atoms with Crippen LogP contribution in [0.1, 0.15) is 37.6 Å². The Morgan fingerprint density at radius 2 is 2.00 bits per heavy atom. The third-order valence-corrected chi connectivity index (χ3v) is 3.52. The van der Waals surface area contributed by atoms with Crippen molar-refractivity contribution in [3.05, 3.63) is 54.3 Å². The number of methoxy groups -OCH3 is 1. The largest absolute Gasteiger partial charge is 0.489 e. The van der Waals surface area contributed by atoms with Crippen LogP contribution in [0, 0.1) is 0 Å². The van der Waals surface area contributed by atoms with Crippen LogP contribution in [0.5, 0.6) is 5.75 Å². The number of allylic oxidation sites excluding steroid dienone is 2. The van der Waals surface area contributed by atoms with E-state index in [2.05, 4.69) is 23.2 Å². The first-order chi connectivity index (χ1) is 12.0. The topological polar surface area (TPSA) is 68.4 Å². The molecule has 5 heteroatoms. The summed E-state index contributed by atoms with van der Waals surface area (Å²) in [6.07, 6.45) is 6.45. The summed E-state index contributed by atoms with van der Waals surface area (Å²) in [6.45, 7) is 9.99. The number of esters is 1. The highest BCUT2D eigenvalue weighted by atomic mass is 16.5. The van der Waals surface area contributed by atoms with Gasteiger partial charge in [0.2, 0.25) is 0 Å². The first-order valence-corrected chi connectivity index (χ1v) is 8.07. The lowest BCUT2D eigenvalue weighted by Gasteiger charge is -2.06. The molecule has 1 N–H and O–H groups in total. The minimum Gasteiger partial charge on any atom is -0.489 e. The Hall–Kier alpha value is -2.82. The molecule has 5 nitrogen and oxygen atoms in total. The third kappa shape index (κ3) is 5.64. The predicted octanol–water partition coefficient (Wildman–Crippen LogP) is 4.45. The zero-order chi connectivity index (χ0) is 18.8. The fourth-order valence-electron chi connectivity index (χ4n) is 1.87. The van der Waals surface area contributed by atoms with Gasteiger partial charge in [0, 0.05) is 23.2 Å². The van der Waals surface area contributed by atoms with E-state index in [1.165, 1.54) is 13.3 Å². The molecule has 0 spiro atoms. The van der Waals surface area contributed by atoms with Gasteiger partial charge in [0.1, 0.15) is 12.4 Å². The van der Waals surface area contributed by atoms with E-state index < -0.39 is 11.8 Å². The molecule has 0 amide bonds. The molecule has 134 valence electrons. The Labute approximate surface area is 148 Å². The van der Waals surface area contributed by atoms with Crippen LogP contribution in [0.3, 0.4) is 0 Å². The zero-order valence-electron chi connectivity index (χ0n) is 15.2. The van der Waals surface area contributed by atoms with Crippen molar-refractivity contribution in [2.24, 2.45) is 0 Å². The van der Waals surface area contributed by atoms with Crippen molar-refractivity contribution < 1.29 is 19.1 Å². The van der Waals surface area contributed by atoms with Crippen molar-refractivity contribution in [1.82, 2.24) is 4.98 Å². The van der Waals surface area contributed by atoms with Gasteiger partial charge >= 0.3 is 5.97 Å². The summed E-state index contributed by atoms with van der Waals surface area (Å²) in [6, 6.07) is 5.32. The minimum atomic E-state index is -0.875. The van der Waals surface area contributed by atoms with Crippen LogP contribution in [0.15, 0.2) is 48.7 Å². The van der Waals surface area contributed by atoms with Crippen molar-refractivity contribution in [3.63, 3.8) is 0 Å². The lowest BCUT2D eigenvalue weighted by molar-refractivity contribution is -0.135. The van der Waals surface area contributed by atoms with Gasteiger partial charge in [0.25, 0.3) is 5.78 Å². The summed E-state index contributed by atoms with van der Waals surface area (Å²) in [4.78, 5) is 26.1. The van der Waals surface area contributed by atoms with Crippen molar-refractivity contribution in [2.75, 3.05) is 13.7 Å². The Morgan fingerprint density at radius 3 is 2.56 bits per heavy atom. The van der Waals surface area contributed by atoms with Gasteiger partial charge in [0.05, 0.1) is 12.7 Å². The van der Waals surface area contributed by atoms with Crippen LogP contribution in [-0.2, 0) is 9.53 Å². The molecule has 0 unspecified atom stereocenters. The standard InChI is InChI=1S/C16H17NO4.C4H8/c1-4-10(2)9-21-11-5-6-12-13(8-17-14(12)7-11)15(18)16(19)20-3;1-3-4-2/h4-8,17H,9H2,1-3H3;3H,1,4H2,2H3/b10-4+;. The molecule has 2 rings (SSSR count). The number of carbonyl (C=O) groups is 2.